The molecule has 1 aliphatic carbocycles. The standard InChI is InChI=1S/C8H15NO2/c1-4-7(2)5-8(7,9)6(10)11-3/h4-5,9H2,1-3H3/t7-,8+/m1/s1. The van der Waals surface area contributed by atoms with Gasteiger partial charge < -0.3 is 10.5 Å². The highest BCUT2D eigenvalue weighted by Crippen LogP contribution is 2.56. The van der Waals surface area contributed by atoms with Crippen molar-refractivity contribution in [1.82, 2.24) is 0 Å². The van der Waals surface area contributed by atoms with E-state index in [4.69, 9.17) is 5.73 Å². The predicted octanol–water partition coefficient (Wildman–Crippen LogP) is 0.677. The summed E-state index contributed by atoms with van der Waals surface area (Å²) in [4.78, 5) is 11.1. The molecule has 1 fully saturated rings. The van der Waals surface area contributed by atoms with Crippen LogP contribution in [0, 0.1) is 5.41 Å². The lowest BCUT2D eigenvalue weighted by molar-refractivity contribution is -0.144. The van der Waals surface area contributed by atoms with Crippen molar-refractivity contribution in [2.45, 2.75) is 32.2 Å². The van der Waals surface area contributed by atoms with Gasteiger partial charge in [0, 0.05) is 0 Å². The van der Waals surface area contributed by atoms with Crippen LogP contribution in [-0.2, 0) is 9.53 Å². The second kappa shape index (κ2) is 2.21. The zero-order valence-electron chi connectivity index (χ0n) is 7.31. The van der Waals surface area contributed by atoms with Crippen molar-refractivity contribution in [1.29, 1.82) is 0 Å². The minimum Gasteiger partial charge on any atom is -0.468 e. The zero-order chi connectivity index (χ0) is 8.70. The molecule has 0 amide bonds. The fourth-order valence-corrected chi connectivity index (χ4v) is 1.51. The molecular weight excluding hydrogens is 142 g/mol. The molecule has 0 saturated heterocycles. The molecule has 0 aromatic rings. The van der Waals surface area contributed by atoms with Gasteiger partial charge in [-0.25, -0.2) is 0 Å². The number of methoxy groups -OCH3 is 1. The quantitative estimate of drug-likeness (QED) is 0.599. The lowest BCUT2D eigenvalue weighted by atomic mass is 10.00. The van der Waals surface area contributed by atoms with Gasteiger partial charge >= 0.3 is 5.97 Å². The Hall–Kier alpha value is -0.570. The minimum atomic E-state index is -0.698. The fraction of sp³-hybridized carbons (Fsp3) is 0.875. The third kappa shape index (κ3) is 0.948. The van der Waals surface area contributed by atoms with Crippen LogP contribution in [0.2, 0.25) is 0 Å². The zero-order valence-corrected chi connectivity index (χ0v) is 7.31. The van der Waals surface area contributed by atoms with Gasteiger partial charge in [0.05, 0.1) is 7.11 Å². The van der Waals surface area contributed by atoms with E-state index in [1.165, 1.54) is 7.11 Å². The Morgan fingerprint density at radius 3 is 2.55 bits per heavy atom. The Labute approximate surface area is 66.9 Å². The SMILES string of the molecule is CC[C@]1(C)C[C@]1(N)C(=O)OC. The molecule has 2 atom stereocenters. The Kier molecular flexibility index (Phi) is 1.71. The average molecular weight is 157 g/mol. The Morgan fingerprint density at radius 1 is 1.73 bits per heavy atom. The van der Waals surface area contributed by atoms with Gasteiger partial charge in [-0.2, -0.15) is 0 Å². The number of carbonyl (C=O) groups excluding carboxylic acids is 1. The van der Waals surface area contributed by atoms with Gasteiger partial charge in [0.25, 0.3) is 0 Å². The van der Waals surface area contributed by atoms with Crippen molar-refractivity contribution >= 4 is 5.97 Å². The highest BCUT2D eigenvalue weighted by Gasteiger charge is 2.66. The van der Waals surface area contributed by atoms with Gasteiger partial charge in [-0.3, -0.25) is 4.79 Å². The third-order valence-corrected chi connectivity index (χ3v) is 2.95. The number of nitrogens with two attached hydrogens (primary N) is 1. The molecule has 3 nitrogen and oxygen atoms in total. The Bertz CT molecular complexity index is 193. The minimum absolute atomic E-state index is 0.0277. The molecule has 1 saturated carbocycles. The summed E-state index contributed by atoms with van der Waals surface area (Å²) in [5.74, 6) is -0.276. The van der Waals surface area contributed by atoms with Gasteiger partial charge in [-0.1, -0.05) is 13.8 Å². The van der Waals surface area contributed by atoms with Gasteiger partial charge in [0.15, 0.2) is 0 Å². The number of ether oxygens (including phenoxy) is 1. The maximum absolute atomic E-state index is 11.1. The smallest absolute Gasteiger partial charge is 0.326 e. The van der Waals surface area contributed by atoms with Crippen molar-refractivity contribution in [2.24, 2.45) is 11.1 Å². The van der Waals surface area contributed by atoms with Crippen LogP contribution in [-0.4, -0.2) is 18.6 Å². The molecule has 1 aliphatic rings. The van der Waals surface area contributed by atoms with E-state index in [1.807, 2.05) is 13.8 Å². The van der Waals surface area contributed by atoms with Crippen LogP contribution in [0.3, 0.4) is 0 Å². The Balaban J connectivity index is 2.69. The van der Waals surface area contributed by atoms with Gasteiger partial charge in [-0.05, 0) is 18.3 Å². The summed E-state index contributed by atoms with van der Waals surface area (Å²) >= 11 is 0. The van der Waals surface area contributed by atoms with E-state index in [0.717, 1.165) is 12.8 Å². The summed E-state index contributed by atoms with van der Waals surface area (Å²) in [7, 11) is 1.38. The van der Waals surface area contributed by atoms with Crippen LogP contribution in [0.5, 0.6) is 0 Å². The number of hydrogen-bond acceptors (Lipinski definition) is 3. The van der Waals surface area contributed by atoms with E-state index in [0.29, 0.717) is 0 Å². The normalized spacial score (nSPS) is 41.8. The van der Waals surface area contributed by atoms with Crippen LogP contribution in [0.4, 0.5) is 0 Å². The van der Waals surface area contributed by atoms with E-state index in [2.05, 4.69) is 4.74 Å². The fourth-order valence-electron chi connectivity index (χ4n) is 1.51. The molecule has 0 aromatic carbocycles. The molecule has 0 radical (unpaired) electrons. The van der Waals surface area contributed by atoms with Gasteiger partial charge in [-0.15, -0.1) is 0 Å². The van der Waals surface area contributed by atoms with Gasteiger partial charge in [0.1, 0.15) is 5.54 Å². The summed E-state index contributed by atoms with van der Waals surface area (Å²) in [5.41, 5.74) is 5.09. The van der Waals surface area contributed by atoms with Crippen molar-refractivity contribution < 1.29 is 9.53 Å². The van der Waals surface area contributed by atoms with Crippen molar-refractivity contribution in [3.63, 3.8) is 0 Å². The molecule has 0 spiro atoms. The second-order valence-corrected chi connectivity index (χ2v) is 3.55. The maximum atomic E-state index is 11.1. The molecular formula is C8H15NO2. The molecule has 0 unspecified atom stereocenters. The first-order chi connectivity index (χ1) is 5.00. The molecule has 2 N–H and O–H groups in total. The monoisotopic (exact) mass is 157 g/mol. The third-order valence-electron chi connectivity index (χ3n) is 2.95. The lowest BCUT2D eigenvalue weighted by Gasteiger charge is -2.13. The number of hydrogen-bond donors (Lipinski definition) is 1. The average Bonchev–Trinajstić information content (AvgIpc) is 2.56. The van der Waals surface area contributed by atoms with Crippen LogP contribution in [0.15, 0.2) is 0 Å². The van der Waals surface area contributed by atoms with Crippen LogP contribution < -0.4 is 5.73 Å². The first-order valence-electron chi connectivity index (χ1n) is 3.87. The van der Waals surface area contributed by atoms with E-state index >= 15 is 0 Å². The summed E-state index contributed by atoms with van der Waals surface area (Å²) < 4.78 is 4.61. The maximum Gasteiger partial charge on any atom is 0.326 e. The number of esters is 1. The number of rotatable bonds is 2. The largest absolute Gasteiger partial charge is 0.468 e. The van der Waals surface area contributed by atoms with E-state index < -0.39 is 5.54 Å². The van der Waals surface area contributed by atoms with E-state index in [1.54, 1.807) is 0 Å². The highest BCUT2D eigenvalue weighted by molar-refractivity contribution is 5.85. The van der Waals surface area contributed by atoms with Crippen molar-refractivity contribution in [3.05, 3.63) is 0 Å². The van der Waals surface area contributed by atoms with E-state index in [9.17, 15) is 4.79 Å². The molecule has 0 heterocycles. The molecule has 11 heavy (non-hydrogen) atoms. The molecule has 1 rings (SSSR count). The molecule has 3 heteroatoms. The van der Waals surface area contributed by atoms with Crippen LogP contribution >= 0.6 is 0 Å². The predicted molar refractivity (Wildman–Crippen MR) is 41.9 cm³/mol. The van der Waals surface area contributed by atoms with Crippen molar-refractivity contribution in [2.75, 3.05) is 7.11 Å². The van der Waals surface area contributed by atoms with E-state index in [-0.39, 0.29) is 11.4 Å². The molecule has 64 valence electrons. The highest BCUT2D eigenvalue weighted by atomic mass is 16.5. The lowest BCUT2D eigenvalue weighted by Crippen LogP contribution is -2.39. The van der Waals surface area contributed by atoms with Crippen molar-refractivity contribution in [3.8, 4) is 0 Å². The number of carbonyl (C=O) groups is 1. The van der Waals surface area contributed by atoms with Crippen LogP contribution in [0.1, 0.15) is 26.7 Å². The second-order valence-electron chi connectivity index (χ2n) is 3.55. The van der Waals surface area contributed by atoms with Crippen LogP contribution in [0.25, 0.3) is 0 Å². The molecule has 0 aliphatic heterocycles. The first-order valence-corrected chi connectivity index (χ1v) is 3.87. The summed E-state index contributed by atoms with van der Waals surface area (Å²) in [5, 5.41) is 0. The topological polar surface area (TPSA) is 52.3 Å². The first kappa shape index (κ1) is 8.53. The summed E-state index contributed by atoms with van der Waals surface area (Å²) in [6, 6.07) is 0. The molecule has 0 bridgehead atoms. The Morgan fingerprint density at radius 2 is 2.27 bits per heavy atom. The van der Waals surface area contributed by atoms with Gasteiger partial charge in [0.2, 0.25) is 0 Å². The molecule has 0 aromatic heterocycles. The summed E-state index contributed by atoms with van der Waals surface area (Å²) in [6.45, 7) is 4.06. The summed E-state index contributed by atoms with van der Waals surface area (Å²) in [6.07, 6.45) is 1.68.